The van der Waals surface area contributed by atoms with Crippen LogP contribution in [0.25, 0.3) is 6.08 Å². The molecule has 1 amide bonds. The molecule has 3 aromatic rings. The number of aryl methyl sites for hydroxylation is 1. The van der Waals surface area contributed by atoms with Crippen molar-refractivity contribution in [1.29, 1.82) is 0 Å². The molecule has 0 aliphatic heterocycles. The van der Waals surface area contributed by atoms with E-state index in [9.17, 15) is 19.1 Å². The number of carboxylic acids is 1. The molecule has 0 aliphatic carbocycles. The Morgan fingerprint density at radius 3 is 2.34 bits per heavy atom. The van der Waals surface area contributed by atoms with E-state index in [1.54, 1.807) is 66.7 Å². The van der Waals surface area contributed by atoms with Crippen LogP contribution in [0.5, 0.6) is 11.5 Å². The first kappa shape index (κ1) is 19.8. The predicted octanol–water partition coefficient (Wildman–Crippen LogP) is 4.78. The number of benzene rings is 3. The van der Waals surface area contributed by atoms with Crippen LogP contribution in [0, 0.1) is 12.7 Å². The fraction of sp³-hybridized carbons (Fsp3) is 0.0435. The summed E-state index contributed by atoms with van der Waals surface area (Å²) in [6.45, 7) is 1.83. The van der Waals surface area contributed by atoms with Crippen LogP contribution in [-0.4, -0.2) is 17.0 Å². The number of ether oxygens (including phenoxy) is 1. The smallest absolute Gasteiger partial charge is 0.352 e. The van der Waals surface area contributed by atoms with Crippen LogP contribution in [0.4, 0.5) is 4.39 Å². The van der Waals surface area contributed by atoms with Crippen LogP contribution >= 0.6 is 0 Å². The van der Waals surface area contributed by atoms with Gasteiger partial charge >= 0.3 is 5.97 Å². The highest BCUT2D eigenvalue weighted by Crippen LogP contribution is 2.26. The minimum Gasteiger partial charge on any atom is -0.477 e. The molecule has 5 nitrogen and oxygen atoms in total. The highest BCUT2D eigenvalue weighted by atomic mass is 19.1. The first-order valence-corrected chi connectivity index (χ1v) is 8.78. The lowest BCUT2D eigenvalue weighted by molar-refractivity contribution is -0.132. The summed E-state index contributed by atoms with van der Waals surface area (Å²) in [5.74, 6) is -1.76. The molecule has 0 unspecified atom stereocenters. The maximum absolute atomic E-state index is 13.8. The number of amides is 1. The van der Waals surface area contributed by atoms with Gasteiger partial charge in [0.05, 0.1) is 0 Å². The van der Waals surface area contributed by atoms with Crippen LogP contribution < -0.4 is 10.1 Å². The van der Waals surface area contributed by atoms with Crippen LogP contribution in [0.15, 0.2) is 78.5 Å². The third-order valence-corrected chi connectivity index (χ3v) is 4.02. The molecule has 3 rings (SSSR count). The van der Waals surface area contributed by atoms with Crippen LogP contribution in [0.1, 0.15) is 21.5 Å². The van der Waals surface area contributed by atoms with E-state index in [1.807, 2.05) is 6.92 Å². The summed E-state index contributed by atoms with van der Waals surface area (Å²) >= 11 is 0. The van der Waals surface area contributed by atoms with Crippen molar-refractivity contribution in [2.45, 2.75) is 6.92 Å². The van der Waals surface area contributed by atoms with Crippen molar-refractivity contribution in [3.8, 4) is 11.5 Å². The number of aliphatic carboxylic acids is 1. The minimum absolute atomic E-state index is 0.106. The van der Waals surface area contributed by atoms with Gasteiger partial charge in [0.15, 0.2) is 11.6 Å². The second kappa shape index (κ2) is 8.84. The fourth-order valence-electron chi connectivity index (χ4n) is 2.55. The second-order valence-electron chi connectivity index (χ2n) is 6.29. The second-order valence-corrected chi connectivity index (χ2v) is 6.29. The Morgan fingerprint density at radius 1 is 1.00 bits per heavy atom. The molecule has 0 atom stereocenters. The summed E-state index contributed by atoms with van der Waals surface area (Å²) < 4.78 is 19.4. The van der Waals surface area contributed by atoms with Gasteiger partial charge in [0, 0.05) is 5.56 Å². The number of nitrogens with one attached hydrogen (secondary N) is 1. The van der Waals surface area contributed by atoms with Gasteiger partial charge in [0.2, 0.25) is 0 Å². The van der Waals surface area contributed by atoms with E-state index in [1.165, 1.54) is 12.1 Å². The van der Waals surface area contributed by atoms with Crippen molar-refractivity contribution in [3.63, 3.8) is 0 Å². The maximum Gasteiger partial charge on any atom is 0.352 e. The Bertz CT molecular complexity index is 1060. The lowest BCUT2D eigenvalue weighted by Crippen LogP contribution is -2.27. The number of carboxylic acid groups (broad SMARTS) is 1. The number of rotatable bonds is 6. The van der Waals surface area contributed by atoms with Gasteiger partial charge in [-0.25, -0.2) is 9.18 Å². The number of carbonyl (C=O) groups is 2. The van der Waals surface area contributed by atoms with Gasteiger partial charge in [0.25, 0.3) is 5.91 Å². The van der Waals surface area contributed by atoms with E-state index in [-0.39, 0.29) is 11.4 Å². The zero-order valence-electron chi connectivity index (χ0n) is 15.6. The largest absolute Gasteiger partial charge is 0.477 e. The molecule has 29 heavy (non-hydrogen) atoms. The summed E-state index contributed by atoms with van der Waals surface area (Å²) in [6, 6.07) is 19.3. The zero-order chi connectivity index (χ0) is 20.8. The third kappa shape index (κ3) is 5.29. The van der Waals surface area contributed by atoms with Crippen molar-refractivity contribution >= 4 is 18.0 Å². The van der Waals surface area contributed by atoms with Crippen molar-refractivity contribution in [2.24, 2.45) is 0 Å². The molecule has 0 saturated heterocycles. The molecule has 0 spiro atoms. The molecule has 3 aromatic carbocycles. The first-order chi connectivity index (χ1) is 13.9. The zero-order valence-corrected chi connectivity index (χ0v) is 15.6. The summed E-state index contributed by atoms with van der Waals surface area (Å²) in [5.41, 5.74) is 1.48. The molecule has 0 saturated carbocycles. The van der Waals surface area contributed by atoms with Gasteiger partial charge in [-0.3, -0.25) is 4.79 Å². The van der Waals surface area contributed by atoms with Crippen LogP contribution in [0.3, 0.4) is 0 Å². The molecule has 0 bridgehead atoms. The Balaban J connectivity index is 1.76. The normalized spacial score (nSPS) is 11.0. The average molecular weight is 391 g/mol. The Kier molecular flexibility index (Phi) is 6.04. The highest BCUT2D eigenvalue weighted by molar-refractivity contribution is 6.02. The molecule has 0 aromatic heterocycles. The van der Waals surface area contributed by atoms with E-state index >= 15 is 0 Å². The van der Waals surface area contributed by atoms with Gasteiger partial charge in [-0.1, -0.05) is 36.4 Å². The van der Waals surface area contributed by atoms with E-state index in [4.69, 9.17) is 4.74 Å². The van der Waals surface area contributed by atoms with Crippen molar-refractivity contribution in [1.82, 2.24) is 5.32 Å². The maximum atomic E-state index is 13.8. The summed E-state index contributed by atoms with van der Waals surface area (Å²) in [7, 11) is 0. The molecule has 0 heterocycles. The van der Waals surface area contributed by atoms with Crippen molar-refractivity contribution in [2.75, 3.05) is 0 Å². The molecule has 0 fully saturated rings. The summed E-state index contributed by atoms with van der Waals surface area (Å²) in [6.07, 6.45) is 1.33. The summed E-state index contributed by atoms with van der Waals surface area (Å²) in [4.78, 5) is 23.7. The molecule has 2 N–H and O–H groups in total. The number of carbonyl (C=O) groups excluding carboxylic acids is 1. The van der Waals surface area contributed by atoms with Crippen LogP contribution in [-0.2, 0) is 4.79 Å². The predicted molar refractivity (Wildman–Crippen MR) is 107 cm³/mol. The van der Waals surface area contributed by atoms with Crippen molar-refractivity contribution in [3.05, 3.63) is 101 Å². The van der Waals surface area contributed by atoms with Gasteiger partial charge in [0.1, 0.15) is 11.4 Å². The first-order valence-electron chi connectivity index (χ1n) is 8.78. The molecule has 0 aliphatic rings. The van der Waals surface area contributed by atoms with Gasteiger partial charge in [-0.2, -0.15) is 0 Å². The topological polar surface area (TPSA) is 75.6 Å². The minimum atomic E-state index is -1.27. The monoisotopic (exact) mass is 391 g/mol. The van der Waals surface area contributed by atoms with Gasteiger partial charge in [-0.05, 0) is 60.5 Å². The summed E-state index contributed by atoms with van der Waals surface area (Å²) in [5, 5.41) is 11.8. The third-order valence-electron chi connectivity index (χ3n) is 4.02. The number of hydrogen-bond donors (Lipinski definition) is 2. The Labute approximate surface area is 167 Å². The molecule has 6 heteroatoms. The van der Waals surface area contributed by atoms with Gasteiger partial charge in [-0.15, -0.1) is 0 Å². The molecular weight excluding hydrogens is 373 g/mol. The Morgan fingerprint density at radius 2 is 1.69 bits per heavy atom. The number of hydrogen-bond acceptors (Lipinski definition) is 3. The van der Waals surface area contributed by atoms with E-state index < -0.39 is 17.7 Å². The molecule has 0 radical (unpaired) electrons. The highest BCUT2D eigenvalue weighted by Gasteiger charge is 2.13. The lowest BCUT2D eigenvalue weighted by Gasteiger charge is -2.09. The Hall–Kier alpha value is -3.93. The standard InChI is InChI=1S/C23H18FNO4/c1-15-7-12-19(24)21(13-15)29-18-10-8-16(9-11-18)14-20(23(27)28)25-22(26)17-5-3-2-4-6-17/h2-14H,1H3,(H,25,26)(H,27,28)/b20-14-. The van der Waals surface area contributed by atoms with E-state index in [0.29, 0.717) is 16.9 Å². The average Bonchev–Trinajstić information content (AvgIpc) is 2.72. The lowest BCUT2D eigenvalue weighted by atomic mass is 10.1. The molecular formula is C23H18FNO4. The molecule has 146 valence electrons. The van der Waals surface area contributed by atoms with Crippen molar-refractivity contribution < 1.29 is 23.8 Å². The number of halogens is 1. The van der Waals surface area contributed by atoms with E-state index in [0.717, 1.165) is 5.56 Å². The van der Waals surface area contributed by atoms with Gasteiger partial charge < -0.3 is 15.2 Å². The fourth-order valence-corrected chi connectivity index (χ4v) is 2.55. The quantitative estimate of drug-likeness (QED) is 0.593. The van der Waals surface area contributed by atoms with E-state index in [2.05, 4.69) is 5.32 Å². The SMILES string of the molecule is Cc1ccc(F)c(Oc2ccc(/C=C(\NC(=O)c3ccccc3)C(=O)O)cc2)c1. The van der Waals surface area contributed by atoms with Crippen LogP contribution in [0.2, 0.25) is 0 Å².